The van der Waals surface area contributed by atoms with Gasteiger partial charge in [0.05, 0.1) is 25.0 Å². The number of rotatable bonds is 6. The Morgan fingerprint density at radius 3 is 1.52 bits per heavy atom. The van der Waals surface area contributed by atoms with Crippen molar-refractivity contribution in [3.8, 4) is 0 Å². The molecule has 2 bridgehead atoms. The number of carbonyl (C=O) groups is 2. The molecule has 0 aromatic rings. The SMILES string of the molecule is CCOC(=O)C1C(C(=O)OCC)C2C=CC1C2(CC)CC. The lowest BCUT2D eigenvalue weighted by Crippen LogP contribution is -2.35. The van der Waals surface area contributed by atoms with E-state index in [0.717, 1.165) is 12.8 Å². The van der Waals surface area contributed by atoms with Crippen LogP contribution in [0.15, 0.2) is 12.2 Å². The Kier molecular flexibility index (Phi) is 4.74. The zero-order valence-corrected chi connectivity index (χ0v) is 13.4. The van der Waals surface area contributed by atoms with Gasteiger partial charge in [0.15, 0.2) is 0 Å². The molecule has 4 atom stereocenters. The first kappa shape index (κ1) is 16.1. The van der Waals surface area contributed by atoms with Gasteiger partial charge in [0.1, 0.15) is 0 Å². The van der Waals surface area contributed by atoms with E-state index in [9.17, 15) is 9.59 Å². The van der Waals surface area contributed by atoms with Crippen LogP contribution in [0.2, 0.25) is 0 Å². The third-order valence-corrected chi connectivity index (χ3v) is 5.45. The number of ether oxygens (including phenoxy) is 2. The van der Waals surface area contributed by atoms with Crippen LogP contribution in [0, 0.1) is 29.1 Å². The van der Waals surface area contributed by atoms with Crippen LogP contribution in [0.4, 0.5) is 0 Å². The number of esters is 2. The van der Waals surface area contributed by atoms with Crippen molar-refractivity contribution in [1.29, 1.82) is 0 Å². The van der Waals surface area contributed by atoms with Gasteiger partial charge in [0.2, 0.25) is 0 Å². The molecule has 0 spiro atoms. The quantitative estimate of drug-likeness (QED) is 0.558. The van der Waals surface area contributed by atoms with Crippen molar-refractivity contribution in [3.63, 3.8) is 0 Å². The minimum Gasteiger partial charge on any atom is -0.466 e. The van der Waals surface area contributed by atoms with Crippen molar-refractivity contribution in [2.24, 2.45) is 29.1 Å². The predicted octanol–water partition coefficient (Wildman–Crippen LogP) is 2.97. The number of hydrogen-bond donors (Lipinski definition) is 0. The molecule has 2 aliphatic rings. The van der Waals surface area contributed by atoms with Crippen molar-refractivity contribution in [2.75, 3.05) is 13.2 Å². The van der Waals surface area contributed by atoms with Gasteiger partial charge in [-0.1, -0.05) is 26.0 Å². The second-order valence-corrected chi connectivity index (χ2v) is 5.93. The average molecular weight is 294 g/mol. The summed E-state index contributed by atoms with van der Waals surface area (Å²) in [5, 5.41) is 0. The molecule has 0 heterocycles. The van der Waals surface area contributed by atoms with E-state index in [1.165, 1.54) is 0 Å². The molecule has 0 N–H and O–H groups in total. The Hall–Kier alpha value is -1.32. The number of carbonyl (C=O) groups excluding carboxylic acids is 2. The zero-order valence-electron chi connectivity index (χ0n) is 13.4. The number of allylic oxidation sites excluding steroid dienone is 2. The molecular weight excluding hydrogens is 268 g/mol. The average Bonchev–Trinajstić information content (AvgIpc) is 2.97. The molecule has 0 saturated heterocycles. The summed E-state index contributed by atoms with van der Waals surface area (Å²) in [4.78, 5) is 24.8. The molecule has 0 radical (unpaired) electrons. The minimum absolute atomic E-state index is 0.00510. The van der Waals surface area contributed by atoms with Crippen LogP contribution in [-0.2, 0) is 19.1 Å². The summed E-state index contributed by atoms with van der Waals surface area (Å²) in [6.45, 7) is 8.58. The van der Waals surface area contributed by atoms with Crippen molar-refractivity contribution < 1.29 is 19.1 Å². The third kappa shape index (κ3) is 2.29. The fourth-order valence-electron chi connectivity index (χ4n) is 4.50. The summed E-state index contributed by atoms with van der Waals surface area (Å²) in [5.74, 6) is -1.10. The van der Waals surface area contributed by atoms with Gasteiger partial charge in [-0.3, -0.25) is 9.59 Å². The molecule has 118 valence electrons. The van der Waals surface area contributed by atoms with Gasteiger partial charge in [-0.15, -0.1) is 0 Å². The molecule has 4 heteroatoms. The molecule has 4 nitrogen and oxygen atoms in total. The summed E-state index contributed by atoms with van der Waals surface area (Å²) in [6, 6.07) is 0. The first-order valence-corrected chi connectivity index (χ1v) is 8.08. The molecule has 0 amide bonds. The van der Waals surface area contributed by atoms with Crippen molar-refractivity contribution >= 4 is 11.9 Å². The fraction of sp³-hybridized carbons (Fsp3) is 0.765. The Bertz CT molecular complexity index is 400. The fourth-order valence-corrected chi connectivity index (χ4v) is 4.50. The molecule has 21 heavy (non-hydrogen) atoms. The topological polar surface area (TPSA) is 52.6 Å². The van der Waals surface area contributed by atoms with E-state index < -0.39 is 0 Å². The number of hydrogen-bond acceptors (Lipinski definition) is 4. The smallest absolute Gasteiger partial charge is 0.310 e. The van der Waals surface area contributed by atoms with E-state index in [4.69, 9.17) is 9.47 Å². The van der Waals surface area contributed by atoms with Crippen LogP contribution in [0.5, 0.6) is 0 Å². The highest BCUT2D eigenvalue weighted by Gasteiger charge is 2.64. The third-order valence-electron chi connectivity index (χ3n) is 5.45. The molecule has 0 aromatic heterocycles. The Labute approximate surface area is 126 Å². The molecule has 4 unspecified atom stereocenters. The van der Waals surface area contributed by atoms with Gasteiger partial charge in [0, 0.05) is 0 Å². The summed E-state index contributed by atoms with van der Waals surface area (Å²) >= 11 is 0. The van der Waals surface area contributed by atoms with Gasteiger partial charge in [0.25, 0.3) is 0 Å². The van der Waals surface area contributed by atoms with E-state index >= 15 is 0 Å². The molecule has 0 aromatic carbocycles. The van der Waals surface area contributed by atoms with Crippen molar-refractivity contribution in [1.82, 2.24) is 0 Å². The van der Waals surface area contributed by atoms with E-state index in [0.29, 0.717) is 13.2 Å². The second-order valence-electron chi connectivity index (χ2n) is 5.93. The lowest BCUT2D eigenvalue weighted by atomic mass is 9.71. The van der Waals surface area contributed by atoms with Crippen molar-refractivity contribution in [2.45, 2.75) is 40.5 Å². The van der Waals surface area contributed by atoms with E-state index in [2.05, 4.69) is 26.0 Å². The highest BCUT2D eigenvalue weighted by Crippen LogP contribution is 2.63. The summed E-state index contributed by atoms with van der Waals surface area (Å²) in [5.41, 5.74) is -0.00510. The molecular formula is C17H26O4. The summed E-state index contributed by atoms with van der Waals surface area (Å²) in [6.07, 6.45) is 6.15. The predicted molar refractivity (Wildman–Crippen MR) is 79.4 cm³/mol. The Morgan fingerprint density at radius 1 is 0.857 bits per heavy atom. The highest BCUT2D eigenvalue weighted by atomic mass is 16.5. The molecule has 1 fully saturated rings. The second kappa shape index (κ2) is 6.20. The Balaban J connectivity index is 2.38. The first-order valence-electron chi connectivity index (χ1n) is 8.08. The molecule has 2 rings (SSSR count). The zero-order chi connectivity index (χ0) is 15.6. The van der Waals surface area contributed by atoms with Gasteiger partial charge >= 0.3 is 11.9 Å². The van der Waals surface area contributed by atoms with Gasteiger partial charge in [-0.25, -0.2) is 0 Å². The van der Waals surface area contributed by atoms with Gasteiger partial charge in [-0.05, 0) is 43.9 Å². The van der Waals surface area contributed by atoms with Crippen molar-refractivity contribution in [3.05, 3.63) is 12.2 Å². The van der Waals surface area contributed by atoms with Gasteiger partial charge in [-0.2, -0.15) is 0 Å². The standard InChI is InChI=1S/C17H26O4/c1-5-17(6-2)11-9-10-12(17)14(16(19)21-8-4)13(11)15(18)20-7-3/h9-14H,5-8H2,1-4H3. The maximum Gasteiger partial charge on any atom is 0.310 e. The van der Waals surface area contributed by atoms with Crippen LogP contribution in [-0.4, -0.2) is 25.2 Å². The normalized spacial score (nSPS) is 32.2. The monoisotopic (exact) mass is 294 g/mol. The first-order chi connectivity index (χ1) is 10.1. The maximum atomic E-state index is 12.4. The van der Waals surface area contributed by atoms with E-state index in [1.54, 1.807) is 13.8 Å². The summed E-state index contributed by atoms with van der Waals surface area (Å²) < 4.78 is 10.5. The highest BCUT2D eigenvalue weighted by molar-refractivity contribution is 5.85. The van der Waals surface area contributed by atoms with Crippen LogP contribution in [0.3, 0.4) is 0 Å². The molecule has 2 aliphatic carbocycles. The maximum absolute atomic E-state index is 12.4. The number of fused-ring (bicyclic) bond motifs is 2. The van der Waals surface area contributed by atoms with Crippen LogP contribution in [0.1, 0.15) is 40.5 Å². The van der Waals surface area contributed by atoms with Crippen LogP contribution >= 0.6 is 0 Å². The molecule has 0 aliphatic heterocycles. The minimum atomic E-state index is -0.390. The van der Waals surface area contributed by atoms with Crippen LogP contribution in [0.25, 0.3) is 0 Å². The van der Waals surface area contributed by atoms with Crippen LogP contribution < -0.4 is 0 Å². The van der Waals surface area contributed by atoms with E-state index in [1.807, 2.05) is 0 Å². The summed E-state index contributed by atoms with van der Waals surface area (Å²) in [7, 11) is 0. The molecule has 1 saturated carbocycles. The largest absolute Gasteiger partial charge is 0.466 e. The van der Waals surface area contributed by atoms with E-state index in [-0.39, 0.29) is 41.0 Å². The Morgan fingerprint density at radius 2 is 1.24 bits per heavy atom. The lowest BCUT2D eigenvalue weighted by Gasteiger charge is -2.33. The van der Waals surface area contributed by atoms with Gasteiger partial charge < -0.3 is 9.47 Å². The lowest BCUT2D eigenvalue weighted by molar-refractivity contribution is -0.160.